The van der Waals surface area contributed by atoms with Crippen LogP contribution in [-0.4, -0.2) is 22.5 Å². The number of hydrogen-bond donors (Lipinski definition) is 2. The van der Waals surface area contributed by atoms with Crippen molar-refractivity contribution in [1.29, 1.82) is 0 Å². The molecule has 0 unspecified atom stereocenters. The van der Waals surface area contributed by atoms with Crippen LogP contribution in [0.3, 0.4) is 0 Å². The highest BCUT2D eigenvalue weighted by atomic mass is 35.5. The van der Waals surface area contributed by atoms with Crippen LogP contribution >= 0.6 is 11.6 Å². The summed E-state index contributed by atoms with van der Waals surface area (Å²) < 4.78 is 0. The molecule has 0 radical (unpaired) electrons. The predicted molar refractivity (Wildman–Crippen MR) is 84.4 cm³/mol. The van der Waals surface area contributed by atoms with E-state index >= 15 is 0 Å². The van der Waals surface area contributed by atoms with E-state index in [2.05, 4.69) is 0 Å². The Kier molecular flexibility index (Phi) is 4.70. The van der Waals surface area contributed by atoms with E-state index in [1.807, 2.05) is 25.1 Å². The van der Waals surface area contributed by atoms with Gasteiger partial charge in [-0.3, -0.25) is 4.79 Å². The number of nitrogen functional groups attached to an aromatic ring is 1. The molecule has 0 aromatic heterocycles. The predicted octanol–water partition coefficient (Wildman–Crippen LogP) is 3.29. The maximum Gasteiger partial charge on any atom is 0.255 e. The minimum Gasteiger partial charge on any atom is -0.508 e. The molecule has 0 heterocycles. The first-order valence-corrected chi connectivity index (χ1v) is 7.01. The first-order chi connectivity index (χ1) is 10.0. The summed E-state index contributed by atoms with van der Waals surface area (Å²) in [5.74, 6) is -0.205. The van der Waals surface area contributed by atoms with Crippen molar-refractivity contribution in [3.63, 3.8) is 0 Å². The van der Waals surface area contributed by atoms with Crippen molar-refractivity contribution in [2.75, 3.05) is 12.3 Å². The maximum absolute atomic E-state index is 12.5. The summed E-state index contributed by atoms with van der Waals surface area (Å²) in [5, 5.41) is 9.84. The first kappa shape index (κ1) is 15.2. The Morgan fingerprint density at radius 2 is 2.05 bits per heavy atom. The molecule has 0 saturated carbocycles. The zero-order chi connectivity index (χ0) is 15.4. The molecule has 2 aromatic rings. The molecule has 1 amide bonds. The molecule has 110 valence electrons. The number of anilines is 1. The lowest BCUT2D eigenvalue weighted by molar-refractivity contribution is 0.0752. The molecule has 5 heteroatoms. The van der Waals surface area contributed by atoms with Gasteiger partial charge in [0.2, 0.25) is 0 Å². The highest BCUT2D eigenvalue weighted by Gasteiger charge is 2.18. The molecule has 0 atom stereocenters. The van der Waals surface area contributed by atoms with Gasteiger partial charge in [-0.2, -0.15) is 0 Å². The van der Waals surface area contributed by atoms with Gasteiger partial charge in [0, 0.05) is 18.8 Å². The quantitative estimate of drug-likeness (QED) is 0.852. The standard InChI is InChI=1S/C16H17ClN2O2/c1-2-19(10-11-4-3-5-12(18)8-11)16(21)14-9-13(20)6-7-15(14)17/h3-9,20H,2,10,18H2,1H3. The van der Waals surface area contributed by atoms with E-state index < -0.39 is 0 Å². The Bertz CT molecular complexity index is 658. The molecule has 0 spiro atoms. The number of nitrogens with two attached hydrogens (primary N) is 1. The maximum atomic E-state index is 12.5. The zero-order valence-electron chi connectivity index (χ0n) is 11.7. The molecule has 0 saturated heterocycles. The number of aromatic hydroxyl groups is 1. The second-order valence-corrected chi connectivity index (χ2v) is 5.14. The topological polar surface area (TPSA) is 66.6 Å². The van der Waals surface area contributed by atoms with Crippen molar-refractivity contribution in [2.45, 2.75) is 13.5 Å². The third-order valence-electron chi connectivity index (χ3n) is 3.17. The van der Waals surface area contributed by atoms with Crippen LogP contribution in [0.1, 0.15) is 22.8 Å². The number of rotatable bonds is 4. The first-order valence-electron chi connectivity index (χ1n) is 6.63. The van der Waals surface area contributed by atoms with Gasteiger partial charge in [-0.1, -0.05) is 23.7 Å². The molecular formula is C16H17ClN2O2. The number of benzene rings is 2. The smallest absolute Gasteiger partial charge is 0.255 e. The van der Waals surface area contributed by atoms with Gasteiger partial charge in [0.15, 0.2) is 0 Å². The number of nitrogens with zero attached hydrogens (tertiary/aromatic N) is 1. The van der Waals surface area contributed by atoms with E-state index in [4.69, 9.17) is 17.3 Å². The lowest BCUT2D eigenvalue weighted by atomic mass is 10.1. The molecule has 0 aliphatic heterocycles. The van der Waals surface area contributed by atoms with E-state index in [9.17, 15) is 9.90 Å². The average molecular weight is 305 g/mol. The van der Waals surface area contributed by atoms with Crippen LogP contribution in [0.25, 0.3) is 0 Å². The number of carbonyl (C=O) groups is 1. The Balaban J connectivity index is 2.24. The zero-order valence-corrected chi connectivity index (χ0v) is 12.5. The van der Waals surface area contributed by atoms with Gasteiger partial charge in [-0.15, -0.1) is 0 Å². The van der Waals surface area contributed by atoms with Crippen LogP contribution in [0.5, 0.6) is 5.75 Å². The summed E-state index contributed by atoms with van der Waals surface area (Å²) in [6.07, 6.45) is 0. The number of amides is 1. The van der Waals surface area contributed by atoms with Crippen molar-refractivity contribution < 1.29 is 9.90 Å². The molecule has 0 aliphatic carbocycles. The van der Waals surface area contributed by atoms with Crippen molar-refractivity contribution in [1.82, 2.24) is 4.90 Å². The Labute approximate surface area is 128 Å². The lowest BCUT2D eigenvalue weighted by Crippen LogP contribution is -2.30. The highest BCUT2D eigenvalue weighted by molar-refractivity contribution is 6.33. The second kappa shape index (κ2) is 6.50. The van der Waals surface area contributed by atoms with Crippen LogP contribution in [0.4, 0.5) is 5.69 Å². The molecule has 21 heavy (non-hydrogen) atoms. The summed E-state index contributed by atoms with van der Waals surface area (Å²) in [5.41, 5.74) is 7.65. The van der Waals surface area contributed by atoms with Crippen molar-refractivity contribution in [2.24, 2.45) is 0 Å². The molecule has 3 N–H and O–H groups in total. The van der Waals surface area contributed by atoms with Crippen molar-refractivity contribution in [3.8, 4) is 5.75 Å². The molecule has 0 aliphatic rings. The van der Waals surface area contributed by atoms with E-state index in [0.29, 0.717) is 29.4 Å². The van der Waals surface area contributed by atoms with E-state index in [1.54, 1.807) is 11.0 Å². The van der Waals surface area contributed by atoms with Gasteiger partial charge in [0.1, 0.15) is 5.75 Å². The van der Waals surface area contributed by atoms with Crippen LogP contribution in [0.2, 0.25) is 5.02 Å². The van der Waals surface area contributed by atoms with Gasteiger partial charge < -0.3 is 15.7 Å². The number of hydrogen-bond acceptors (Lipinski definition) is 3. The fraction of sp³-hybridized carbons (Fsp3) is 0.188. The van der Waals surface area contributed by atoms with Crippen molar-refractivity contribution >= 4 is 23.2 Å². The molecule has 2 aromatic carbocycles. The minimum atomic E-state index is -0.221. The van der Waals surface area contributed by atoms with E-state index in [0.717, 1.165) is 5.56 Å². The molecule has 4 nitrogen and oxygen atoms in total. The van der Waals surface area contributed by atoms with Gasteiger partial charge >= 0.3 is 0 Å². The summed E-state index contributed by atoms with van der Waals surface area (Å²) in [6.45, 7) is 2.85. The monoisotopic (exact) mass is 304 g/mol. The van der Waals surface area contributed by atoms with E-state index in [-0.39, 0.29) is 11.7 Å². The molecule has 2 rings (SSSR count). The largest absolute Gasteiger partial charge is 0.508 e. The minimum absolute atomic E-state index is 0.0164. The number of halogens is 1. The van der Waals surface area contributed by atoms with Crippen LogP contribution in [-0.2, 0) is 6.54 Å². The van der Waals surface area contributed by atoms with Gasteiger partial charge in [-0.25, -0.2) is 0 Å². The van der Waals surface area contributed by atoms with Crippen molar-refractivity contribution in [3.05, 3.63) is 58.6 Å². The van der Waals surface area contributed by atoms with Gasteiger partial charge in [0.05, 0.1) is 10.6 Å². The Hall–Kier alpha value is -2.20. The SMILES string of the molecule is CCN(Cc1cccc(N)c1)C(=O)c1cc(O)ccc1Cl. The van der Waals surface area contributed by atoms with Gasteiger partial charge in [-0.05, 0) is 42.8 Å². The molecular weight excluding hydrogens is 288 g/mol. The molecule has 0 fully saturated rings. The summed E-state index contributed by atoms with van der Waals surface area (Å²) in [6, 6.07) is 11.7. The van der Waals surface area contributed by atoms with Crippen LogP contribution in [0, 0.1) is 0 Å². The second-order valence-electron chi connectivity index (χ2n) is 4.73. The van der Waals surface area contributed by atoms with Crippen LogP contribution < -0.4 is 5.73 Å². The van der Waals surface area contributed by atoms with Gasteiger partial charge in [0.25, 0.3) is 5.91 Å². The summed E-state index contributed by atoms with van der Waals surface area (Å²) in [4.78, 5) is 14.2. The normalized spacial score (nSPS) is 10.4. The Morgan fingerprint density at radius 3 is 2.71 bits per heavy atom. The number of phenolic OH excluding ortho intramolecular Hbond substituents is 1. The molecule has 0 bridgehead atoms. The third-order valence-corrected chi connectivity index (χ3v) is 3.50. The number of phenols is 1. The Morgan fingerprint density at radius 1 is 1.29 bits per heavy atom. The summed E-state index contributed by atoms with van der Waals surface area (Å²) >= 11 is 6.04. The lowest BCUT2D eigenvalue weighted by Gasteiger charge is -2.22. The average Bonchev–Trinajstić information content (AvgIpc) is 2.46. The van der Waals surface area contributed by atoms with E-state index in [1.165, 1.54) is 18.2 Å². The number of carbonyl (C=O) groups excluding carboxylic acids is 1. The fourth-order valence-electron chi connectivity index (χ4n) is 2.09. The van der Waals surface area contributed by atoms with Crippen LogP contribution in [0.15, 0.2) is 42.5 Å². The summed E-state index contributed by atoms with van der Waals surface area (Å²) in [7, 11) is 0. The highest BCUT2D eigenvalue weighted by Crippen LogP contribution is 2.23. The third kappa shape index (κ3) is 3.67. The fourth-order valence-corrected chi connectivity index (χ4v) is 2.28.